The molecule has 0 bridgehead atoms. The first-order valence-corrected chi connectivity index (χ1v) is 13.1. The molecule has 0 saturated carbocycles. The van der Waals surface area contributed by atoms with Gasteiger partial charge in [-0.05, 0) is 82.1 Å². The van der Waals surface area contributed by atoms with Crippen LogP contribution < -0.4 is 4.90 Å². The Labute approximate surface area is 221 Å². The summed E-state index contributed by atoms with van der Waals surface area (Å²) in [7, 11) is 0. The molecule has 1 nitrogen and oxygen atoms in total. The first kappa shape index (κ1) is 23.3. The monoisotopic (exact) mass is 479 g/mol. The Bertz CT molecular complexity index is 1590. The van der Waals surface area contributed by atoms with E-state index in [9.17, 15) is 0 Å². The molecule has 4 aromatic rings. The zero-order valence-corrected chi connectivity index (χ0v) is 22.2. The lowest BCUT2D eigenvalue weighted by molar-refractivity contribution is 0.661. The third-order valence-corrected chi connectivity index (χ3v) is 8.11. The molecule has 0 spiro atoms. The minimum absolute atomic E-state index is 0.0615. The predicted molar refractivity (Wildman–Crippen MR) is 159 cm³/mol. The summed E-state index contributed by atoms with van der Waals surface area (Å²) in [6, 6.07) is 26.8. The molecule has 0 radical (unpaired) electrons. The van der Waals surface area contributed by atoms with Crippen molar-refractivity contribution in [1.82, 2.24) is 0 Å². The maximum Gasteiger partial charge on any atom is 0.0532 e. The number of rotatable bonds is 5. The molecule has 4 aromatic carbocycles. The third kappa shape index (κ3) is 3.53. The van der Waals surface area contributed by atoms with Gasteiger partial charge < -0.3 is 4.90 Å². The molecule has 2 aliphatic rings. The number of aryl methyl sites for hydroxylation is 1. The van der Waals surface area contributed by atoms with Crippen molar-refractivity contribution < 1.29 is 0 Å². The van der Waals surface area contributed by atoms with Crippen LogP contribution in [0, 0.1) is 13.8 Å². The van der Waals surface area contributed by atoms with Crippen LogP contribution in [0.2, 0.25) is 0 Å². The van der Waals surface area contributed by atoms with Crippen molar-refractivity contribution >= 4 is 11.4 Å². The number of nitrogens with zero attached hydrogens (tertiary/aromatic N) is 1. The Kier molecular flexibility index (Phi) is 5.53. The Hall–Kier alpha value is -4.10. The predicted octanol–water partition coefficient (Wildman–Crippen LogP) is 9.57. The molecular formula is C36H33N. The molecule has 0 atom stereocenters. The van der Waals surface area contributed by atoms with Crippen molar-refractivity contribution in [3.8, 4) is 22.3 Å². The van der Waals surface area contributed by atoms with Crippen molar-refractivity contribution in [2.75, 3.05) is 4.90 Å². The Morgan fingerprint density at radius 2 is 1.49 bits per heavy atom. The number of fused-ring (bicyclic) bond motifs is 7. The average molecular weight is 480 g/mol. The molecule has 0 unspecified atom stereocenters. The van der Waals surface area contributed by atoms with E-state index in [0.717, 1.165) is 6.42 Å². The van der Waals surface area contributed by atoms with Gasteiger partial charge in [0.2, 0.25) is 0 Å². The van der Waals surface area contributed by atoms with Crippen LogP contribution in [0.15, 0.2) is 110 Å². The number of hydrogen-bond donors (Lipinski definition) is 0. The van der Waals surface area contributed by atoms with Gasteiger partial charge in [0.25, 0.3) is 0 Å². The maximum absolute atomic E-state index is 3.83. The van der Waals surface area contributed by atoms with Gasteiger partial charge in [-0.15, -0.1) is 0 Å². The van der Waals surface area contributed by atoms with Crippen LogP contribution in [0.25, 0.3) is 22.3 Å². The standard InChI is InChI=1S/C36H33N/c1-6-7-8-13-22-37(27-20-18-24(2)19-21-27)35-25(3)32-29-16-11-12-17-31(29)36(4,5)34(32)33-28-15-10-9-14-26(28)23-30(33)35/h6-22H,1,23H2,2-5H3/b8-7-,22-13-. The Morgan fingerprint density at radius 3 is 2.24 bits per heavy atom. The highest BCUT2D eigenvalue weighted by atomic mass is 15.1. The normalized spacial score (nSPS) is 14.5. The second-order valence-corrected chi connectivity index (χ2v) is 10.7. The van der Waals surface area contributed by atoms with Gasteiger partial charge in [0.15, 0.2) is 0 Å². The van der Waals surface area contributed by atoms with Gasteiger partial charge in [-0.3, -0.25) is 0 Å². The summed E-state index contributed by atoms with van der Waals surface area (Å²) in [5, 5.41) is 0. The highest BCUT2D eigenvalue weighted by Gasteiger charge is 2.42. The highest BCUT2D eigenvalue weighted by Crippen LogP contribution is 2.59. The minimum atomic E-state index is -0.0615. The number of benzene rings is 4. The Balaban J connectivity index is 1.71. The van der Waals surface area contributed by atoms with E-state index in [1.165, 1.54) is 67.0 Å². The van der Waals surface area contributed by atoms with Crippen LogP contribution in [0.5, 0.6) is 0 Å². The zero-order valence-electron chi connectivity index (χ0n) is 22.2. The van der Waals surface area contributed by atoms with E-state index < -0.39 is 0 Å². The number of allylic oxidation sites excluding steroid dienone is 4. The lowest BCUT2D eigenvalue weighted by Gasteiger charge is -2.31. The van der Waals surface area contributed by atoms with Gasteiger partial charge in [0, 0.05) is 23.7 Å². The molecule has 6 rings (SSSR count). The minimum Gasteiger partial charge on any atom is -0.317 e. The quantitative estimate of drug-likeness (QED) is 0.227. The van der Waals surface area contributed by atoms with Crippen LogP contribution in [-0.4, -0.2) is 0 Å². The van der Waals surface area contributed by atoms with Gasteiger partial charge in [0.05, 0.1) is 5.69 Å². The summed E-state index contributed by atoms with van der Waals surface area (Å²) in [5.74, 6) is 0. The summed E-state index contributed by atoms with van der Waals surface area (Å²) in [4.78, 5) is 2.39. The van der Waals surface area contributed by atoms with Crippen LogP contribution in [-0.2, 0) is 11.8 Å². The lowest BCUT2D eigenvalue weighted by Crippen LogP contribution is -2.19. The molecule has 37 heavy (non-hydrogen) atoms. The summed E-state index contributed by atoms with van der Waals surface area (Å²) < 4.78 is 0. The smallest absolute Gasteiger partial charge is 0.0532 e. The molecule has 0 saturated heterocycles. The molecule has 0 amide bonds. The third-order valence-electron chi connectivity index (χ3n) is 8.11. The van der Waals surface area contributed by atoms with Gasteiger partial charge >= 0.3 is 0 Å². The van der Waals surface area contributed by atoms with E-state index in [0.29, 0.717) is 0 Å². The SMILES string of the molecule is C=C/C=C\C=C/N(c1ccc(C)cc1)c1c(C)c2c(c3c1Cc1ccccc1-3)C(C)(C)c1ccccc1-2. The molecule has 2 aliphatic carbocycles. The van der Waals surface area contributed by atoms with E-state index in [2.05, 4.69) is 124 Å². The molecule has 0 aromatic heterocycles. The largest absolute Gasteiger partial charge is 0.317 e. The number of hydrogen-bond acceptors (Lipinski definition) is 1. The van der Waals surface area contributed by atoms with Crippen molar-refractivity contribution in [3.05, 3.63) is 143 Å². The Morgan fingerprint density at radius 1 is 0.784 bits per heavy atom. The maximum atomic E-state index is 3.83. The summed E-state index contributed by atoms with van der Waals surface area (Å²) in [6.07, 6.45) is 11.1. The van der Waals surface area contributed by atoms with Crippen LogP contribution in [0.1, 0.15) is 47.2 Å². The highest BCUT2D eigenvalue weighted by molar-refractivity contribution is 5.99. The average Bonchev–Trinajstić information content (AvgIpc) is 3.39. The fourth-order valence-corrected chi connectivity index (χ4v) is 6.45. The first-order chi connectivity index (χ1) is 17.9. The van der Waals surface area contributed by atoms with E-state index in [1.807, 2.05) is 18.2 Å². The topological polar surface area (TPSA) is 3.24 Å². The van der Waals surface area contributed by atoms with Crippen molar-refractivity contribution in [1.29, 1.82) is 0 Å². The van der Waals surface area contributed by atoms with Gasteiger partial charge in [0.1, 0.15) is 0 Å². The fraction of sp³-hybridized carbons (Fsp3) is 0.167. The van der Waals surface area contributed by atoms with E-state index in [1.54, 1.807) is 0 Å². The summed E-state index contributed by atoms with van der Waals surface area (Å²) >= 11 is 0. The van der Waals surface area contributed by atoms with Crippen molar-refractivity contribution in [3.63, 3.8) is 0 Å². The molecule has 0 fully saturated rings. The van der Waals surface area contributed by atoms with Gasteiger partial charge in [-0.25, -0.2) is 0 Å². The molecule has 0 N–H and O–H groups in total. The molecular weight excluding hydrogens is 446 g/mol. The second-order valence-electron chi connectivity index (χ2n) is 10.7. The summed E-state index contributed by atoms with van der Waals surface area (Å²) in [5.41, 5.74) is 16.3. The second kappa shape index (κ2) is 8.78. The lowest BCUT2D eigenvalue weighted by atomic mass is 9.77. The summed E-state index contributed by atoms with van der Waals surface area (Å²) in [6.45, 7) is 13.1. The fourth-order valence-electron chi connectivity index (χ4n) is 6.45. The number of anilines is 2. The molecule has 0 aliphatic heterocycles. The van der Waals surface area contributed by atoms with Crippen LogP contribution >= 0.6 is 0 Å². The van der Waals surface area contributed by atoms with Crippen molar-refractivity contribution in [2.45, 2.75) is 39.5 Å². The zero-order chi connectivity index (χ0) is 25.7. The van der Waals surface area contributed by atoms with E-state index in [4.69, 9.17) is 0 Å². The van der Waals surface area contributed by atoms with Gasteiger partial charge in [-0.2, -0.15) is 0 Å². The molecule has 1 heteroatoms. The van der Waals surface area contributed by atoms with E-state index >= 15 is 0 Å². The molecule has 182 valence electrons. The van der Waals surface area contributed by atoms with E-state index in [-0.39, 0.29) is 5.41 Å². The van der Waals surface area contributed by atoms with Gasteiger partial charge in [-0.1, -0.05) is 105 Å². The molecule has 0 heterocycles. The van der Waals surface area contributed by atoms with Crippen molar-refractivity contribution in [2.24, 2.45) is 0 Å². The van der Waals surface area contributed by atoms with Crippen LogP contribution in [0.4, 0.5) is 11.4 Å². The first-order valence-electron chi connectivity index (χ1n) is 13.1. The van der Waals surface area contributed by atoms with Crippen LogP contribution in [0.3, 0.4) is 0 Å².